The van der Waals surface area contributed by atoms with Crippen LogP contribution >= 0.6 is 15.9 Å². The molecule has 0 amide bonds. The maximum absolute atomic E-state index is 5.26. The predicted molar refractivity (Wildman–Crippen MR) is 65.6 cm³/mol. The second kappa shape index (κ2) is 4.47. The number of benzene rings is 1. The highest BCUT2D eigenvalue weighted by Crippen LogP contribution is 2.33. The first-order chi connectivity index (χ1) is 6.65. The number of rotatable bonds is 3. The van der Waals surface area contributed by atoms with Gasteiger partial charge in [0, 0.05) is 10.0 Å². The molecule has 0 saturated carbocycles. The lowest BCUT2D eigenvalue weighted by atomic mass is 10.0. The molecule has 0 N–H and O–H groups in total. The minimum absolute atomic E-state index is 0.859. The van der Waals surface area contributed by atoms with Crippen LogP contribution in [0, 0.1) is 6.92 Å². The highest BCUT2D eigenvalue weighted by Gasteiger charge is 2.09. The van der Waals surface area contributed by atoms with Crippen molar-refractivity contribution in [2.24, 2.45) is 0 Å². The number of halogens is 1. The summed E-state index contributed by atoms with van der Waals surface area (Å²) < 4.78 is 6.27. The third-order valence-electron chi connectivity index (χ3n) is 2.18. The standard InChI is InChI=1S/C12H13BrO/c1-5-9-7-11(14-4)8(3)12(13)10(9)6-2/h5-7H,1-2H2,3-4H3. The van der Waals surface area contributed by atoms with Crippen molar-refractivity contribution in [3.63, 3.8) is 0 Å². The Morgan fingerprint density at radius 1 is 1.36 bits per heavy atom. The number of ether oxygens (including phenoxy) is 1. The van der Waals surface area contributed by atoms with Gasteiger partial charge in [0.1, 0.15) is 5.75 Å². The first kappa shape index (κ1) is 11.1. The van der Waals surface area contributed by atoms with Gasteiger partial charge in [-0.05, 0) is 40.0 Å². The first-order valence-electron chi connectivity index (χ1n) is 4.27. The van der Waals surface area contributed by atoms with Gasteiger partial charge >= 0.3 is 0 Å². The summed E-state index contributed by atoms with van der Waals surface area (Å²) in [4.78, 5) is 0. The van der Waals surface area contributed by atoms with Crippen LogP contribution in [0.1, 0.15) is 16.7 Å². The molecule has 14 heavy (non-hydrogen) atoms. The Bertz CT molecular complexity index is 380. The molecule has 2 heteroatoms. The molecule has 1 aromatic rings. The van der Waals surface area contributed by atoms with Crippen molar-refractivity contribution in [3.05, 3.63) is 40.4 Å². The molecule has 0 unspecified atom stereocenters. The molecule has 1 nitrogen and oxygen atoms in total. The lowest BCUT2D eigenvalue weighted by Gasteiger charge is -2.12. The molecule has 0 aliphatic heterocycles. The second-order valence-corrected chi connectivity index (χ2v) is 3.72. The number of methoxy groups -OCH3 is 1. The molecule has 0 aromatic heterocycles. The summed E-state index contributed by atoms with van der Waals surface area (Å²) in [5.41, 5.74) is 3.15. The van der Waals surface area contributed by atoms with Crippen LogP contribution in [0.3, 0.4) is 0 Å². The summed E-state index contributed by atoms with van der Waals surface area (Å²) in [7, 11) is 1.66. The normalized spacial score (nSPS) is 9.64. The van der Waals surface area contributed by atoms with E-state index in [1.54, 1.807) is 13.2 Å². The first-order valence-corrected chi connectivity index (χ1v) is 5.07. The van der Waals surface area contributed by atoms with Crippen LogP contribution in [-0.4, -0.2) is 7.11 Å². The van der Waals surface area contributed by atoms with Crippen LogP contribution < -0.4 is 4.74 Å². The van der Waals surface area contributed by atoms with E-state index in [2.05, 4.69) is 29.1 Å². The molecule has 0 saturated heterocycles. The fraction of sp³-hybridized carbons (Fsp3) is 0.167. The van der Waals surface area contributed by atoms with Crippen LogP contribution in [0.2, 0.25) is 0 Å². The van der Waals surface area contributed by atoms with Gasteiger partial charge in [0.2, 0.25) is 0 Å². The van der Waals surface area contributed by atoms with E-state index >= 15 is 0 Å². The van der Waals surface area contributed by atoms with Crippen molar-refractivity contribution < 1.29 is 4.74 Å². The fourth-order valence-corrected chi connectivity index (χ4v) is 1.94. The Kier molecular flexibility index (Phi) is 3.53. The summed E-state index contributed by atoms with van der Waals surface area (Å²) in [5, 5.41) is 0. The van der Waals surface area contributed by atoms with Gasteiger partial charge < -0.3 is 4.74 Å². The van der Waals surface area contributed by atoms with E-state index in [0.29, 0.717) is 0 Å². The molecule has 0 aliphatic carbocycles. The van der Waals surface area contributed by atoms with Crippen molar-refractivity contribution in [2.75, 3.05) is 7.11 Å². The zero-order valence-electron chi connectivity index (χ0n) is 8.43. The van der Waals surface area contributed by atoms with E-state index in [9.17, 15) is 0 Å². The van der Waals surface area contributed by atoms with E-state index in [0.717, 1.165) is 26.9 Å². The highest BCUT2D eigenvalue weighted by molar-refractivity contribution is 9.10. The lowest BCUT2D eigenvalue weighted by molar-refractivity contribution is 0.411. The zero-order chi connectivity index (χ0) is 10.7. The average molecular weight is 253 g/mol. The van der Waals surface area contributed by atoms with Crippen LogP contribution in [0.15, 0.2) is 23.7 Å². The summed E-state index contributed by atoms with van der Waals surface area (Å²) in [6.45, 7) is 9.54. The van der Waals surface area contributed by atoms with E-state index in [4.69, 9.17) is 4.74 Å². The van der Waals surface area contributed by atoms with Crippen molar-refractivity contribution in [2.45, 2.75) is 6.92 Å². The minimum Gasteiger partial charge on any atom is -0.496 e. The molecule has 0 fully saturated rings. The highest BCUT2D eigenvalue weighted by atomic mass is 79.9. The molecular weight excluding hydrogens is 240 g/mol. The average Bonchev–Trinajstić information content (AvgIpc) is 2.21. The smallest absolute Gasteiger partial charge is 0.123 e. The molecule has 1 rings (SSSR count). The largest absolute Gasteiger partial charge is 0.496 e. The van der Waals surface area contributed by atoms with Gasteiger partial charge in [0.15, 0.2) is 0 Å². The monoisotopic (exact) mass is 252 g/mol. The lowest BCUT2D eigenvalue weighted by Crippen LogP contribution is -1.93. The van der Waals surface area contributed by atoms with Gasteiger partial charge in [-0.15, -0.1) is 0 Å². The van der Waals surface area contributed by atoms with Gasteiger partial charge in [-0.3, -0.25) is 0 Å². The van der Waals surface area contributed by atoms with Gasteiger partial charge in [-0.1, -0.05) is 25.3 Å². The molecular formula is C12H13BrO. The van der Waals surface area contributed by atoms with E-state index in [1.165, 1.54) is 0 Å². The number of hydrogen-bond donors (Lipinski definition) is 0. The Morgan fingerprint density at radius 2 is 2.00 bits per heavy atom. The van der Waals surface area contributed by atoms with Crippen molar-refractivity contribution in [1.29, 1.82) is 0 Å². The predicted octanol–water partition coefficient (Wildman–Crippen LogP) is 4.05. The van der Waals surface area contributed by atoms with Crippen LogP contribution in [0.5, 0.6) is 5.75 Å². The third kappa shape index (κ3) is 1.75. The Morgan fingerprint density at radius 3 is 2.43 bits per heavy atom. The molecule has 0 atom stereocenters. The Balaban J connectivity index is 3.53. The SMILES string of the molecule is C=Cc1cc(OC)c(C)c(Br)c1C=C. The summed E-state index contributed by atoms with van der Waals surface area (Å²) in [6.07, 6.45) is 3.61. The summed E-state index contributed by atoms with van der Waals surface area (Å²) in [6, 6.07) is 1.96. The van der Waals surface area contributed by atoms with Crippen LogP contribution in [0.4, 0.5) is 0 Å². The van der Waals surface area contributed by atoms with Gasteiger partial charge in [-0.2, -0.15) is 0 Å². The Labute approximate surface area is 93.2 Å². The van der Waals surface area contributed by atoms with E-state index in [1.807, 2.05) is 19.1 Å². The topological polar surface area (TPSA) is 9.23 Å². The number of hydrogen-bond acceptors (Lipinski definition) is 1. The maximum atomic E-state index is 5.26. The fourth-order valence-electron chi connectivity index (χ4n) is 1.35. The summed E-state index contributed by atoms with van der Waals surface area (Å²) in [5.74, 6) is 0.859. The molecule has 0 radical (unpaired) electrons. The van der Waals surface area contributed by atoms with Gasteiger partial charge in [-0.25, -0.2) is 0 Å². The molecule has 74 valence electrons. The molecule has 0 aliphatic rings. The van der Waals surface area contributed by atoms with E-state index < -0.39 is 0 Å². The van der Waals surface area contributed by atoms with Crippen molar-refractivity contribution in [1.82, 2.24) is 0 Å². The second-order valence-electron chi connectivity index (χ2n) is 2.93. The van der Waals surface area contributed by atoms with Crippen molar-refractivity contribution >= 4 is 28.1 Å². The van der Waals surface area contributed by atoms with Crippen molar-refractivity contribution in [3.8, 4) is 5.75 Å². The summed E-state index contributed by atoms with van der Waals surface area (Å²) >= 11 is 3.52. The van der Waals surface area contributed by atoms with Crippen LogP contribution in [0.25, 0.3) is 12.2 Å². The third-order valence-corrected chi connectivity index (χ3v) is 3.20. The van der Waals surface area contributed by atoms with Crippen LogP contribution in [-0.2, 0) is 0 Å². The minimum atomic E-state index is 0.859. The quantitative estimate of drug-likeness (QED) is 0.789. The molecule has 0 spiro atoms. The van der Waals surface area contributed by atoms with E-state index in [-0.39, 0.29) is 0 Å². The van der Waals surface area contributed by atoms with Gasteiger partial charge in [0.05, 0.1) is 7.11 Å². The molecule has 1 aromatic carbocycles. The Hall–Kier alpha value is -1.02. The maximum Gasteiger partial charge on any atom is 0.123 e. The molecule has 0 heterocycles. The molecule has 0 bridgehead atoms. The van der Waals surface area contributed by atoms with Gasteiger partial charge in [0.25, 0.3) is 0 Å². The zero-order valence-corrected chi connectivity index (χ0v) is 10.0.